The normalized spacial score (nSPS) is 18.2. The third-order valence-electron chi connectivity index (χ3n) is 6.75. The van der Waals surface area contributed by atoms with Gasteiger partial charge in [-0.25, -0.2) is 22.2 Å². The number of hydrazine groups is 2. The number of fused-ring (bicyclic) bond motifs is 3. The summed E-state index contributed by atoms with van der Waals surface area (Å²) in [6.45, 7) is 8.88. The van der Waals surface area contributed by atoms with Crippen LogP contribution in [0, 0.1) is 0 Å². The van der Waals surface area contributed by atoms with E-state index in [1.54, 1.807) is 53.7 Å². The van der Waals surface area contributed by atoms with Crippen molar-refractivity contribution in [3.05, 3.63) is 48.8 Å². The highest BCUT2D eigenvalue weighted by Crippen LogP contribution is 2.45. The van der Waals surface area contributed by atoms with E-state index >= 15 is 0 Å². The Morgan fingerprint density at radius 3 is 2.42 bits per heavy atom. The molecular weight excluding hydrogens is 480 g/mol. The molecule has 1 amide bonds. The van der Waals surface area contributed by atoms with Gasteiger partial charge in [-0.2, -0.15) is 0 Å². The molecule has 3 aromatic rings. The lowest BCUT2D eigenvalue weighted by molar-refractivity contribution is 0.0154. The number of pyridine rings is 1. The van der Waals surface area contributed by atoms with Gasteiger partial charge in [0.15, 0.2) is 5.65 Å². The number of carbonyl (C=O) groups excluding carboxylic acids is 1. The topological polar surface area (TPSA) is 100 Å². The molecule has 11 heteroatoms. The summed E-state index contributed by atoms with van der Waals surface area (Å²) in [5, 5.41) is 4.82. The first-order valence-corrected chi connectivity index (χ1v) is 13.4. The number of aromatic nitrogens is 2. The molecule has 1 N–H and O–H groups in total. The molecule has 2 aromatic heterocycles. The molecule has 0 bridgehead atoms. The van der Waals surface area contributed by atoms with Gasteiger partial charge in [0, 0.05) is 31.7 Å². The highest BCUT2D eigenvalue weighted by atomic mass is 32.2. The summed E-state index contributed by atoms with van der Waals surface area (Å²) >= 11 is 0. The molecule has 1 aromatic carbocycles. The molecule has 2 aliphatic heterocycles. The zero-order chi connectivity index (χ0) is 25.9. The SMILES string of the molecule is CN1Nc2cnc3c(ccn3S(=O)(=O)c3ccccc3)c2N1C1(C)CCN(C(=O)OC(C)(C)C)CC1. The van der Waals surface area contributed by atoms with E-state index in [4.69, 9.17) is 4.74 Å². The van der Waals surface area contributed by atoms with Gasteiger partial charge in [-0.3, -0.25) is 10.4 Å². The second kappa shape index (κ2) is 8.38. The molecule has 1 saturated heterocycles. The summed E-state index contributed by atoms with van der Waals surface area (Å²) in [5.41, 5.74) is 4.52. The summed E-state index contributed by atoms with van der Waals surface area (Å²) in [7, 11) is -1.87. The lowest BCUT2D eigenvalue weighted by atomic mass is 9.88. The molecule has 2 aliphatic rings. The van der Waals surface area contributed by atoms with Crippen LogP contribution in [-0.2, 0) is 14.8 Å². The van der Waals surface area contributed by atoms with Gasteiger partial charge >= 0.3 is 6.09 Å². The number of benzene rings is 1. The molecule has 4 heterocycles. The summed E-state index contributed by atoms with van der Waals surface area (Å²) in [6, 6.07) is 10.1. The maximum absolute atomic E-state index is 13.4. The van der Waals surface area contributed by atoms with Crippen molar-refractivity contribution < 1.29 is 17.9 Å². The lowest BCUT2D eigenvalue weighted by Gasteiger charge is -2.47. The van der Waals surface area contributed by atoms with Crippen molar-refractivity contribution in [1.29, 1.82) is 0 Å². The average Bonchev–Trinajstić information content (AvgIpc) is 3.40. The van der Waals surface area contributed by atoms with Gasteiger partial charge in [0.2, 0.25) is 0 Å². The van der Waals surface area contributed by atoms with Crippen molar-refractivity contribution in [2.24, 2.45) is 0 Å². The van der Waals surface area contributed by atoms with Crippen LogP contribution in [0.2, 0.25) is 0 Å². The number of piperidine rings is 1. The van der Waals surface area contributed by atoms with E-state index in [-0.39, 0.29) is 16.5 Å². The number of ether oxygens (including phenoxy) is 1. The fourth-order valence-electron chi connectivity index (χ4n) is 4.97. The highest BCUT2D eigenvalue weighted by Gasteiger charge is 2.44. The quantitative estimate of drug-likeness (QED) is 0.561. The number of rotatable bonds is 3. The van der Waals surface area contributed by atoms with Crippen molar-refractivity contribution in [3.8, 4) is 0 Å². The van der Waals surface area contributed by atoms with Crippen LogP contribution >= 0.6 is 0 Å². The molecule has 0 spiro atoms. The van der Waals surface area contributed by atoms with Crippen LogP contribution in [0.25, 0.3) is 11.0 Å². The van der Waals surface area contributed by atoms with E-state index in [1.165, 1.54) is 3.97 Å². The van der Waals surface area contributed by atoms with Crippen molar-refractivity contribution >= 4 is 38.5 Å². The Morgan fingerprint density at radius 2 is 1.78 bits per heavy atom. The number of likely N-dealkylation sites (tertiary alicyclic amines) is 1. The van der Waals surface area contributed by atoms with E-state index in [1.807, 2.05) is 32.9 Å². The molecule has 0 unspecified atom stereocenters. The minimum atomic E-state index is -3.80. The third-order valence-corrected chi connectivity index (χ3v) is 8.43. The average molecular weight is 513 g/mol. The van der Waals surface area contributed by atoms with Gasteiger partial charge < -0.3 is 9.64 Å². The summed E-state index contributed by atoms with van der Waals surface area (Å²) in [4.78, 5) is 19.1. The summed E-state index contributed by atoms with van der Waals surface area (Å²) in [6.07, 6.45) is 4.36. The molecule has 0 aliphatic carbocycles. The van der Waals surface area contributed by atoms with E-state index in [2.05, 4.69) is 22.3 Å². The minimum absolute atomic E-state index is 0.207. The van der Waals surface area contributed by atoms with Gasteiger partial charge in [0.25, 0.3) is 10.0 Å². The van der Waals surface area contributed by atoms with Gasteiger partial charge in [-0.15, -0.1) is 5.12 Å². The molecule has 10 nitrogen and oxygen atoms in total. The predicted octanol–water partition coefficient (Wildman–Crippen LogP) is 4.06. The number of nitrogens with zero attached hydrogens (tertiary/aromatic N) is 5. The number of amides is 1. The second-order valence-corrected chi connectivity index (χ2v) is 12.4. The Bertz CT molecular complexity index is 1410. The van der Waals surface area contributed by atoms with Crippen molar-refractivity contribution in [3.63, 3.8) is 0 Å². The standard InChI is InChI=1S/C25H32N6O4S/c1-24(2,3)35-23(32)29-15-12-25(4,13-16-29)31-21-19-11-14-30(22(19)26-17-20(21)27-28(31)5)36(33,34)18-9-7-6-8-10-18/h6-11,14,17,27H,12-13,15-16H2,1-5H3. The van der Waals surface area contributed by atoms with Crippen LogP contribution in [0.5, 0.6) is 0 Å². The second-order valence-electron chi connectivity index (χ2n) is 10.6. The van der Waals surface area contributed by atoms with Gasteiger partial charge in [0.1, 0.15) is 5.60 Å². The minimum Gasteiger partial charge on any atom is -0.444 e. The molecular formula is C25H32N6O4S. The molecule has 192 valence electrons. The Balaban J connectivity index is 1.48. The van der Waals surface area contributed by atoms with Crippen LogP contribution in [0.4, 0.5) is 16.2 Å². The van der Waals surface area contributed by atoms with Crippen LogP contribution < -0.4 is 10.4 Å². The highest BCUT2D eigenvalue weighted by molar-refractivity contribution is 7.90. The van der Waals surface area contributed by atoms with E-state index < -0.39 is 15.6 Å². The summed E-state index contributed by atoms with van der Waals surface area (Å²) in [5.74, 6) is 0. The molecule has 0 radical (unpaired) electrons. The smallest absolute Gasteiger partial charge is 0.410 e. The largest absolute Gasteiger partial charge is 0.444 e. The van der Waals surface area contributed by atoms with Crippen LogP contribution in [0.1, 0.15) is 40.5 Å². The Hall–Kier alpha value is -3.31. The number of hydrogen-bond donors (Lipinski definition) is 1. The maximum atomic E-state index is 13.4. The van der Waals surface area contributed by atoms with E-state index in [0.29, 0.717) is 31.6 Å². The monoisotopic (exact) mass is 512 g/mol. The summed E-state index contributed by atoms with van der Waals surface area (Å²) < 4.78 is 33.5. The van der Waals surface area contributed by atoms with E-state index in [0.717, 1.165) is 16.8 Å². The molecule has 1 fully saturated rings. The third kappa shape index (κ3) is 4.05. The Kier molecular flexibility index (Phi) is 5.68. The Labute approximate surface area is 211 Å². The zero-order valence-electron chi connectivity index (χ0n) is 21.2. The van der Waals surface area contributed by atoms with Crippen molar-refractivity contribution in [2.45, 2.75) is 56.6 Å². The van der Waals surface area contributed by atoms with E-state index in [9.17, 15) is 13.2 Å². The van der Waals surface area contributed by atoms with Crippen LogP contribution in [0.15, 0.2) is 53.7 Å². The zero-order valence-corrected chi connectivity index (χ0v) is 22.0. The fourth-order valence-corrected chi connectivity index (χ4v) is 6.30. The number of nitrogens with one attached hydrogen (secondary N) is 1. The number of hydrogen-bond acceptors (Lipinski definition) is 8. The van der Waals surface area contributed by atoms with Gasteiger partial charge in [-0.05, 0) is 58.7 Å². The number of carbonyl (C=O) groups is 1. The molecule has 5 rings (SSSR count). The predicted molar refractivity (Wildman–Crippen MR) is 138 cm³/mol. The van der Waals surface area contributed by atoms with Gasteiger partial charge in [0.05, 0.1) is 28.0 Å². The maximum Gasteiger partial charge on any atom is 0.410 e. The molecule has 0 saturated carbocycles. The van der Waals surface area contributed by atoms with Crippen molar-refractivity contribution in [2.75, 3.05) is 30.6 Å². The van der Waals surface area contributed by atoms with Crippen LogP contribution in [-0.4, -0.2) is 64.8 Å². The van der Waals surface area contributed by atoms with Gasteiger partial charge in [-0.1, -0.05) is 18.2 Å². The Morgan fingerprint density at radius 1 is 1.11 bits per heavy atom. The first-order chi connectivity index (χ1) is 16.9. The number of anilines is 2. The van der Waals surface area contributed by atoms with Crippen molar-refractivity contribution in [1.82, 2.24) is 19.0 Å². The first-order valence-electron chi connectivity index (χ1n) is 12.0. The lowest BCUT2D eigenvalue weighted by Crippen LogP contribution is -2.59. The first kappa shape index (κ1) is 24.4. The molecule has 36 heavy (non-hydrogen) atoms. The fraction of sp³-hybridized carbons (Fsp3) is 0.440. The molecule has 0 atom stereocenters. The van der Waals surface area contributed by atoms with Crippen LogP contribution in [0.3, 0.4) is 0 Å².